The Bertz CT molecular complexity index is 3180. The summed E-state index contributed by atoms with van der Waals surface area (Å²) in [4.78, 5) is 14.0. The van der Waals surface area contributed by atoms with Gasteiger partial charge in [-0.15, -0.1) is 11.3 Å². The van der Waals surface area contributed by atoms with Crippen LogP contribution in [-0.4, -0.2) is 15.0 Å². The number of fused-ring (bicyclic) bond motifs is 3. The van der Waals surface area contributed by atoms with Gasteiger partial charge in [0.05, 0.1) is 15.1 Å². The highest BCUT2D eigenvalue weighted by Gasteiger charge is 2.16. The van der Waals surface area contributed by atoms with Crippen LogP contribution in [0.15, 0.2) is 176 Å². The highest BCUT2D eigenvalue weighted by atomic mass is 32.1. The molecular formula is C45H29N3S. The first-order valence-electron chi connectivity index (χ1n) is 21.0. The Balaban J connectivity index is 1.27. The molecular weight excluding hydrogens is 615 g/mol. The third-order valence-electron chi connectivity index (χ3n) is 8.19. The molecule has 2 heterocycles. The Morgan fingerprint density at radius 2 is 0.857 bits per heavy atom. The van der Waals surface area contributed by atoms with Crippen LogP contribution in [0.25, 0.3) is 87.7 Å². The molecule has 0 bridgehead atoms. The lowest BCUT2D eigenvalue weighted by atomic mass is 9.98. The molecule has 0 aliphatic carbocycles. The maximum absolute atomic E-state index is 9.21. The second-order valence-corrected chi connectivity index (χ2v) is 12.2. The Kier molecular flexibility index (Phi) is 4.96. The molecule has 230 valence electrons. The monoisotopic (exact) mass is 654 g/mol. The standard InChI is InChI=1S/C45H29N3S/c1-4-13-30(14-5-1)31-25-27-32(28-26-31)37-21-11-23-39-40-24-12-22-38(42(40)49-41(37)39)35-19-10-20-36(29-35)45-47-43(33-15-6-2-7-16-33)46-44(48-45)34-17-8-3-9-18-34/h1-29H/i2D,6D,7D,11D,12D,15D,16D,21D,22D,23D,24D. The van der Waals surface area contributed by atoms with Gasteiger partial charge in [-0.2, -0.15) is 0 Å². The lowest BCUT2D eigenvalue weighted by molar-refractivity contribution is 1.07. The van der Waals surface area contributed by atoms with Crippen molar-refractivity contribution < 1.29 is 15.1 Å². The van der Waals surface area contributed by atoms with Gasteiger partial charge < -0.3 is 0 Å². The van der Waals surface area contributed by atoms with E-state index in [2.05, 4.69) is 9.97 Å². The molecule has 0 saturated heterocycles. The highest BCUT2D eigenvalue weighted by molar-refractivity contribution is 7.26. The number of thiophene rings is 1. The minimum absolute atomic E-state index is 0.113. The van der Waals surface area contributed by atoms with Crippen molar-refractivity contribution >= 4 is 31.5 Å². The largest absolute Gasteiger partial charge is 0.208 e. The number of nitrogens with zero attached hydrogens (tertiary/aromatic N) is 3. The van der Waals surface area contributed by atoms with Gasteiger partial charge in [0, 0.05) is 36.9 Å². The van der Waals surface area contributed by atoms with Gasteiger partial charge in [0.25, 0.3) is 0 Å². The molecule has 9 rings (SSSR count). The molecule has 7 aromatic carbocycles. The lowest BCUT2D eigenvalue weighted by Crippen LogP contribution is -2.00. The van der Waals surface area contributed by atoms with Crippen molar-refractivity contribution in [3.05, 3.63) is 176 Å². The summed E-state index contributed by atoms with van der Waals surface area (Å²) in [7, 11) is 0. The topological polar surface area (TPSA) is 38.7 Å². The molecule has 9 aromatic rings. The zero-order valence-corrected chi connectivity index (χ0v) is 26.5. The molecule has 0 saturated carbocycles. The molecule has 3 nitrogen and oxygen atoms in total. The predicted octanol–water partition coefficient (Wildman–Crippen LogP) is 12.2. The maximum atomic E-state index is 9.21. The van der Waals surface area contributed by atoms with Gasteiger partial charge in [-0.3, -0.25) is 0 Å². The number of hydrogen-bond donors (Lipinski definition) is 0. The number of hydrogen-bond acceptors (Lipinski definition) is 4. The summed E-state index contributed by atoms with van der Waals surface area (Å²) in [5, 5.41) is 0.509. The third kappa shape index (κ3) is 5.48. The third-order valence-corrected chi connectivity index (χ3v) is 9.42. The summed E-state index contributed by atoms with van der Waals surface area (Å²) in [6.07, 6.45) is 0. The van der Waals surface area contributed by atoms with Crippen LogP contribution in [0.3, 0.4) is 0 Å². The van der Waals surface area contributed by atoms with Gasteiger partial charge in [-0.25, -0.2) is 15.0 Å². The van der Waals surface area contributed by atoms with Crippen molar-refractivity contribution in [1.29, 1.82) is 0 Å². The molecule has 49 heavy (non-hydrogen) atoms. The second-order valence-electron chi connectivity index (χ2n) is 11.2. The number of benzene rings is 7. The summed E-state index contributed by atoms with van der Waals surface area (Å²) in [6.45, 7) is 0. The first-order chi connectivity index (χ1) is 28.8. The van der Waals surface area contributed by atoms with Crippen LogP contribution in [0.1, 0.15) is 15.1 Å². The van der Waals surface area contributed by atoms with Gasteiger partial charge >= 0.3 is 0 Å². The molecule has 0 aliphatic heterocycles. The van der Waals surface area contributed by atoms with Crippen molar-refractivity contribution in [2.24, 2.45) is 0 Å². The fourth-order valence-electron chi connectivity index (χ4n) is 5.82. The van der Waals surface area contributed by atoms with E-state index in [-0.39, 0.29) is 70.1 Å². The first kappa shape index (κ1) is 19.6. The van der Waals surface area contributed by atoms with E-state index in [0.717, 1.165) is 11.1 Å². The molecule has 0 radical (unpaired) electrons. The maximum Gasteiger partial charge on any atom is 0.164 e. The van der Waals surface area contributed by atoms with Crippen molar-refractivity contribution in [2.45, 2.75) is 0 Å². The van der Waals surface area contributed by atoms with E-state index in [1.165, 1.54) is 11.3 Å². The molecule has 0 spiro atoms. The average molecular weight is 655 g/mol. The van der Waals surface area contributed by atoms with E-state index in [0.29, 0.717) is 42.8 Å². The van der Waals surface area contributed by atoms with Gasteiger partial charge in [0.2, 0.25) is 0 Å². The number of aromatic nitrogens is 3. The molecule has 0 aliphatic rings. The average Bonchev–Trinajstić information content (AvgIpc) is 3.67. The number of rotatable bonds is 6. The molecule has 0 amide bonds. The van der Waals surface area contributed by atoms with E-state index >= 15 is 0 Å². The fraction of sp³-hybridized carbons (Fsp3) is 0. The zero-order chi connectivity index (χ0) is 42.1. The summed E-state index contributed by atoms with van der Waals surface area (Å²) in [5.41, 5.74) is 4.64. The molecule has 2 aromatic heterocycles. The van der Waals surface area contributed by atoms with Crippen molar-refractivity contribution in [1.82, 2.24) is 15.0 Å². The van der Waals surface area contributed by atoms with Crippen LogP contribution in [0.5, 0.6) is 0 Å². The SMILES string of the molecule is [2H]c1c([2H])c([2H])c(-c2nc(-c3ccccc3)nc(-c3cccc(-c4c([2H])c([2H])c([2H])c5c4sc4c(-c6ccc(-c7ccccc7)cc6)c([2H])c([2H])c([2H])c45)c3)n2)c([2H])c1[2H]. The van der Waals surface area contributed by atoms with E-state index in [1.807, 2.05) is 60.7 Å². The van der Waals surface area contributed by atoms with Gasteiger partial charge in [0.15, 0.2) is 17.5 Å². The van der Waals surface area contributed by atoms with E-state index in [1.54, 1.807) is 48.5 Å². The van der Waals surface area contributed by atoms with Crippen molar-refractivity contribution in [2.75, 3.05) is 0 Å². The highest BCUT2D eigenvalue weighted by Crippen LogP contribution is 2.44. The molecule has 4 heteroatoms. The smallest absolute Gasteiger partial charge is 0.164 e. The Morgan fingerprint density at radius 1 is 0.367 bits per heavy atom. The van der Waals surface area contributed by atoms with E-state index < -0.39 is 30.2 Å². The predicted molar refractivity (Wildman–Crippen MR) is 205 cm³/mol. The van der Waals surface area contributed by atoms with E-state index in [9.17, 15) is 1.37 Å². The van der Waals surface area contributed by atoms with Gasteiger partial charge in [-0.05, 0) is 39.4 Å². The lowest BCUT2D eigenvalue weighted by Gasteiger charge is -2.10. The minimum Gasteiger partial charge on any atom is -0.208 e. The molecule has 0 N–H and O–H groups in total. The molecule has 0 atom stereocenters. The Labute approximate surface area is 304 Å². The summed E-state index contributed by atoms with van der Waals surface area (Å²) in [5.74, 6) is 0.172. The van der Waals surface area contributed by atoms with Crippen LogP contribution in [-0.2, 0) is 0 Å². The normalized spacial score (nSPS) is 14.4. The Morgan fingerprint density at radius 3 is 1.51 bits per heavy atom. The van der Waals surface area contributed by atoms with Crippen LogP contribution in [0, 0.1) is 0 Å². The quantitative estimate of drug-likeness (QED) is 0.179. The second kappa shape index (κ2) is 12.4. The van der Waals surface area contributed by atoms with Crippen LogP contribution < -0.4 is 0 Å². The van der Waals surface area contributed by atoms with E-state index in [4.69, 9.17) is 18.7 Å². The van der Waals surface area contributed by atoms with Gasteiger partial charge in [-0.1, -0.05) is 170 Å². The van der Waals surface area contributed by atoms with Crippen LogP contribution >= 0.6 is 11.3 Å². The zero-order valence-electron chi connectivity index (χ0n) is 36.6. The fourth-order valence-corrected chi connectivity index (χ4v) is 7.08. The molecule has 0 fully saturated rings. The molecule has 0 unspecified atom stereocenters. The minimum atomic E-state index is -0.547. The van der Waals surface area contributed by atoms with Crippen LogP contribution in [0.4, 0.5) is 0 Å². The van der Waals surface area contributed by atoms with Crippen molar-refractivity contribution in [3.8, 4) is 67.5 Å². The summed E-state index contributed by atoms with van der Waals surface area (Å²) in [6, 6.07) is 29.2. The van der Waals surface area contributed by atoms with Crippen molar-refractivity contribution in [3.63, 3.8) is 0 Å². The Hall–Kier alpha value is -6.23. The first-order valence-corrected chi connectivity index (χ1v) is 16.3. The summed E-state index contributed by atoms with van der Waals surface area (Å²) >= 11 is 1.21. The van der Waals surface area contributed by atoms with Crippen LogP contribution in [0.2, 0.25) is 0 Å². The summed E-state index contributed by atoms with van der Waals surface area (Å²) < 4.78 is 97.1. The van der Waals surface area contributed by atoms with Gasteiger partial charge in [0.1, 0.15) is 0 Å².